The predicted octanol–water partition coefficient (Wildman–Crippen LogP) is 0.297. The first kappa shape index (κ1) is 17.4. The lowest BCUT2D eigenvalue weighted by atomic mass is 9.89. The van der Waals surface area contributed by atoms with Crippen molar-refractivity contribution in [3.05, 3.63) is 58.6 Å². The van der Waals surface area contributed by atoms with Crippen molar-refractivity contribution in [1.82, 2.24) is 0 Å². The largest absolute Gasteiger partial charge is 1.00 e. The molecule has 4 rings (SSSR count). The van der Waals surface area contributed by atoms with Crippen LogP contribution in [0.5, 0.6) is 11.5 Å². The molecule has 1 fully saturated rings. The number of benzene rings is 2. The lowest BCUT2D eigenvalue weighted by Crippen LogP contribution is -3.00. The minimum absolute atomic E-state index is 0. The van der Waals surface area contributed by atoms with Crippen molar-refractivity contribution in [2.45, 2.75) is 24.9 Å². The zero-order chi connectivity index (χ0) is 15.6. The summed E-state index contributed by atoms with van der Waals surface area (Å²) < 4.78 is 12.4. The third kappa shape index (κ3) is 3.49. The Hall–Kier alpha value is -1.42. The summed E-state index contributed by atoms with van der Waals surface area (Å²) in [5.41, 5.74) is 2.41. The number of nitrogens with two attached hydrogens (primary N) is 1. The Labute approximate surface area is 153 Å². The van der Waals surface area contributed by atoms with Crippen molar-refractivity contribution in [2.24, 2.45) is 0 Å². The maximum Gasteiger partial charge on any atom is 0.164 e. The lowest BCUT2D eigenvalue weighted by Gasteiger charge is -2.30. The highest BCUT2D eigenvalue weighted by Gasteiger charge is 2.28. The van der Waals surface area contributed by atoms with E-state index >= 15 is 0 Å². The molecule has 0 amide bonds. The van der Waals surface area contributed by atoms with Crippen LogP contribution >= 0.6 is 11.6 Å². The van der Waals surface area contributed by atoms with Gasteiger partial charge in [0, 0.05) is 23.4 Å². The van der Waals surface area contributed by atoms with Gasteiger partial charge in [-0.15, -0.1) is 0 Å². The van der Waals surface area contributed by atoms with Gasteiger partial charge >= 0.3 is 0 Å². The summed E-state index contributed by atoms with van der Waals surface area (Å²) >= 11 is 5.96. The van der Waals surface area contributed by atoms with Gasteiger partial charge in [-0.2, -0.15) is 0 Å². The summed E-state index contributed by atoms with van der Waals surface area (Å²) in [5, 5.41) is 3.13. The van der Waals surface area contributed by atoms with Gasteiger partial charge in [-0.05, 0) is 29.7 Å². The van der Waals surface area contributed by atoms with E-state index in [4.69, 9.17) is 21.1 Å². The molecule has 1 atom stereocenters. The van der Waals surface area contributed by atoms with Gasteiger partial charge in [0.1, 0.15) is 6.61 Å². The number of hydrogen-bond acceptors (Lipinski definition) is 2. The average Bonchev–Trinajstić information content (AvgIpc) is 2.62. The van der Waals surface area contributed by atoms with Crippen LogP contribution in [0.25, 0.3) is 0 Å². The number of halogens is 2. The molecule has 128 valence electrons. The van der Waals surface area contributed by atoms with Gasteiger partial charge in [-0.25, -0.2) is 0 Å². The van der Waals surface area contributed by atoms with E-state index in [1.54, 1.807) is 0 Å². The van der Waals surface area contributed by atoms with Crippen LogP contribution in [0, 0.1) is 0 Å². The van der Waals surface area contributed by atoms with E-state index in [1.165, 1.54) is 31.5 Å². The highest BCUT2D eigenvalue weighted by molar-refractivity contribution is 6.30. The Morgan fingerprint density at radius 1 is 1.00 bits per heavy atom. The summed E-state index contributed by atoms with van der Waals surface area (Å²) in [6.45, 7) is 2.94. The molecule has 0 radical (unpaired) electrons. The fourth-order valence-electron chi connectivity index (χ4n) is 3.53. The monoisotopic (exact) mass is 365 g/mol. The number of rotatable bonds is 2. The molecule has 0 aromatic heterocycles. The van der Waals surface area contributed by atoms with E-state index in [9.17, 15) is 0 Å². The van der Waals surface area contributed by atoms with Crippen molar-refractivity contribution in [3.63, 3.8) is 0 Å². The second-order valence-corrected chi connectivity index (χ2v) is 6.72. The molecule has 2 aliphatic heterocycles. The first-order chi connectivity index (χ1) is 11.3. The van der Waals surface area contributed by atoms with E-state index in [0.29, 0.717) is 12.5 Å². The molecule has 1 saturated heterocycles. The van der Waals surface area contributed by atoms with Crippen LogP contribution in [0.1, 0.15) is 36.0 Å². The number of ether oxygens (including phenoxy) is 2. The standard InChI is InChI=1S/C19H20ClNO2.ClH/c20-15-6-4-14(5-7-15)18-12-22-19-16(2-1-3-17(19)23-18)13-8-10-21-11-9-13;/h1-7,13,18,21H,8-12H2;1H/t18-;/m0./s1. The van der Waals surface area contributed by atoms with E-state index in [0.717, 1.165) is 22.1 Å². The fourth-order valence-corrected chi connectivity index (χ4v) is 3.65. The summed E-state index contributed by atoms with van der Waals surface area (Å²) in [7, 11) is 0. The maximum atomic E-state index is 6.21. The predicted molar refractivity (Wildman–Crippen MR) is 90.4 cm³/mol. The van der Waals surface area contributed by atoms with Gasteiger partial charge in [0.05, 0.1) is 13.1 Å². The maximum absolute atomic E-state index is 6.21. The Kier molecular flexibility index (Phi) is 5.54. The Morgan fingerprint density at radius 3 is 2.50 bits per heavy atom. The van der Waals surface area contributed by atoms with Crippen LogP contribution in [-0.4, -0.2) is 19.7 Å². The van der Waals surface area contributed by atoms with E-state index in [-0.39, 0.29) is 18.5 Å². The molecule has 0 aliphatic carbocycles. The van der Waals surface area contributed by atoms with Gasteiger partial charge < -0.3 is 27.2 Å². The molecule has 2 aliphatic rings. The van der Waals surface area contributed by atoms with Crippen LogP contribution < -0.4 is 27.2 Å². The minimum atomic E-state index is -0.0743. The summed E-state index contributed by atoms with van der Waals surface area (Å²) in [6, 6.07) is 14.1. The molecule has 0 saturated carbocycles. The van der Waals surface area contributed by atoms with Crippen molar-refractivity contribution < 1.29 is 27.2 Å². The van der Waals surface area contributed by atoms with Gasteiger partial charge in [0.15, 0.2) is 17.6 Å². The molecule has 2 heterocycles. The normalized spacial score (nSPS) is 20.3. The molecule has 5 heteroatoms. The summed E-state index contributed by atoms with van der Waals surface area (Å²) in [6.07, 6.45) is 2.34. The Morgan fingerprint density at radius 2 is 1.75 bits per heavy atom. The number of fused-ring (bicyclic) bond motifs is 1. The number of hydrogen-bond donors (Lipinski definition) is 1. The summed E-state index contributed by atoms with van der Waals surface area (Å²) in [5.74, 6) is 2.40. The molecule has 2 N–H and O–H groups in total. The smallest absolute Gasteiger partial charge is 0.164 e. The molecule has 2 aromatic rings. The first-order valence-electron chi connectivity index (χ1n) is 8.31. The molecule has 0 unspecified atom stereocenters. The lowest BCUT2D eigenvalue weighted by molar-refractivity contribution is -0.663. The van der Waals surface area contributed by atoms with Gasteiger partial charge in [0.25, 0.3) is 0 Å². The van der Waals surface area contributed by atoms with Crippen LogP contribution in [0.4, 0.5) is 0 Å². The SMILES string of the molecule is Clc1ccc([C@@H]2COc3c(cccc3C3CC[NH2+]CC3)O2)cc1.[Cl-]. The molecule has 3 nitrogen and oxygen atoms in total. The first-order valence-corrected chi connectivity index (χ1v) is 8.68. The molecular weight excluding hydrogens is 345 g/mol. The number of para-hydroxylation sites is 1. The quantitative estimate of drug-likeness (QED) is 0.830. The third-order valence-electron chi connectivity index (χ3n) is 4.78. The van der Waals surface area contributed by atoms with Crippen LogP contribution in [0.2, 0.25) is 5.02 Å². The Balaban J connectivity index is 0.00000169. The van der Waals surface area contributed by atoms with Crippen LogP contribution in [0.15, 0.2) is 42.5 Å². The fraction of sp³-hybridized carbons (Fsp3) is 0.368. The molecule has 2 aromatic carbocycles. The molecular formula is C19H21Cl2NO2. The summed E-state index contributed by atoms with van der Waals surface area (Å²) in [4.78, 5) is 0. The topological polar surface area (TPSA) is 35.1 Å². The number of piperidine rings is 1. The average molecular weight is 366 g/mol. The second-order valence-electron chi connectivity index (χ2n) is 6.28. The zero-order valence-electron chi connectivity index (χ0n) is 13.4. The van der Waals surface area contributed by atoms with E-state index in [1.807, 2.05) is 30.3 Å². The van der Waals surface area contributed by atoms with Gasteiger partial charge in [-0.3, -0.25) is 0 Å². The molecule has 24 heavy (non-hydrogen) atoms. The highest BCUT2D eigenvalue weighted by atomic mass is 35.5. The van der Waals surface area contributed by atoms with Crippen molar-refractivity contribution >= 4 is 11.6 Å². The van der Waals surface area contributed by atoms with E-state index < -0.39 is 0 Å². The van der Waals surface area contributed by atoms with Crippen molar-refractivity contribution in [2.75, 3.05) is 19.7 Å². The highest BCUT2D eigenvalue weighted by Crippen LogP contribution is 2.43. The van der Waals surface area contributed by atoms with Crippen LogP contribution in [0.3, 0.4) is 0 Å². The van der Waals surface area contributed by atoms with Gasteiger partial charge in [0.2, 0.25) is 0 Å². The van der Waals surface area contributed by atoms with Crippen molar-refractivity contribution in [1.29, 1.82) is 0 Å². The van der Waals surface area contributed by atoms with Crippen molar-refractivity contribution in [3.8, 4) is 11.5 Å². The number of quaternary nitrogens is 1. The minimum Gasteiger partial charge on any atom is -1.00 e. The zero-order valence-corrected chi connectivity index (χ0v) is 14.9. The molecule has 0 spiro atoms. The third-order valence-corrected chi connectivity index (χ3v) is 5.03. The van der Waals surface area contributed by atoms with Crippen LogP contribution in [-0.2, 0) is 0 Å². The van der Waals surface area contributed by atoms with E-state index in [2.05, 4.69) is 17.4 Å². The second kappa shape index (κ2) is 7.64. The Bertz CT molecular complexity index is 684. The van der Waals surface area contributed by atoms with Gasteiger partial charge in [-0.1, -0.05) is 35.9 Å². The molecule has 0 bridgehead atoms.